The number of carbonyl (C=O) groups excluding carboxylic acids is 2. The van der Waals surface area contributed by atoms with Crippen LogP contribution in [0, 0.1) is 0 Å². The first-order chi connectivity index (χ1) is 9.57. The van der Waals surface area contributed by atoms with E-state index in [4.69, 9.17) is 10.5 Å². The second kappa shape index (κ2) is 6.00. The molecular weight excluding hydrogens is 258 g/mol. The molecule has 0 saturated heterocycles. The Morgan fingerprint density at radius 1 is 1.40 bits per heavy atom. The van der Waals surface area contributed by atoms with Gasteiger partial charge in [-0.1, -0.05) is 6.07 Å². The Morgan fingerprint density at radius 2 is 2.10 bits per heavy atom. The lowest BCUT2D eigenvalue weighted by molar-refractivity contribution is -0.140. The van der Waals surface area contributed by atoms with Crippen LogP contribution in [0.1, 0.15) is 43.1 Å². The summed E-state index contributed by atoms with van der Waals surface area (Å²) in [6.07, 6.45) is 3.37. The lowest BCUT2D eigenvalue weighted by Gasteiger charge is -2.27. The average Bonchev–Trinajstić information content (AvgIpc) is 2.89. The Balaban J connectivity index is 2.14. The number of amides is 2. The number of pyridine rings is 1. The van der Waals surface area contributed by atoms with Gasteiger partial charge in [0.2, 0.25) is 0 Å². The molecule has 1 aromatic rings. The lowest BCUT2D eigenvalue weighted by atomic mass is 10.0. The summed E-state index contributed by atoms with van der Waals surface area (Å²) in [7, 11) is 0. The zero-order valence-electron chi connectivity index (χ0n) is 11.5. The molecule has 2 amide bonds. The molecule has 0 aromatic carbocycles. The van der Waals surface area contributed by atoms with Gasteiger partial charge in [-0.2, -0.15) is 0 Å². The Bertz CT molecular complexity index is 510. The van der Waals surface area contributed by atoms with Crippen molar-refractivity contribution >= 4 is 17.6 Å². The minimum atomic E-state index is -0.765. The fourth-order valence-electron chi connectivity index (χ4n) is 2.53. The third-order valence-electron chi connectivity index (χ3n) is 3.49. The van der Waals surface area contributed by atoms with Gasteiger partial charge in [0.15, 0.2) is 0 Å². The number of carbonyl (C=O) groups is 2. The Kier molecular flexibility index (Phi) is 4.34. The van der Waals surface area contributed by atoms with E-state index in [1.165, 1.54) is 6.07 Å². The summed E-state index contributed by atoms with van der Waals surface area (Å²) in [5, 5.41) is 2.72. The van der Waals surface area contributed by atoms with Crippen LogP contribution in [0.25, 0.3) is 0 Å². The smallest absolute Gasteiger partial charge is 0.267 e. The van der Waals surface area contributed by atoms with Gasteiger partial charge in [0.05, 0.1) is 0 Å². The number of ether oxygens (including phenoxy) is 1. The van der Waals surface area contributed by atoms with Crippen LogP contribution < -0.4 is 11.1 Å². The maximum atomic E-state index is 12.4. The summed E-state index contributed by atoms with van der Waals surface area (Å²) in [6.45, 7) is 2.36. The van der Waals surface area contributed by atoms with Crippen molar-refractivity contribution in [3.05, 3.63) is 23.9 Å². The maximum absolute atomic E-state index is 12.4. The molecule has 1 aliphatic carbocycles. The monoisotopic (exact) mass is 277 g/mol. The van der Waals surface area contributed by atoms with E-state index in [0.29, 0.717) is 25.3 Å². The number of nitrogens with two attached hydrogens (primary N) is 1. The molecule has 0 spiro atoms. The second-order valence-electron chi connectivity index (χ2n) is 4.86. The van der Waals surface area contributed by atoms with Crippen LogP contribution in [-0.2, 0) is 9.53 Å². The number of anilines is 1. The Labute approximate surface area is 117 Å². The van der Waals surface area contributed by atoms with Crippen molar-refractivity contribution in [2.24, 2.45) is 5.73 Å². The van der Waals surface area contributed by atoms with Gasteiger partial charge in [-0.3, -0.25) is 9.59 Å². The van der Waals surface area contributed by atoms with Crippen LogP contribution in [0.15, 0.2) is 18.2 Å². The van der Waals surface area contributed by atoms with E-state index in [9.17, 15) is 9.59 Å². The average molecular weight is 277 g/mol. The molecule has 0 aliphatic heterocycles. The number of hydrogen-bond donors (Lipinski definition) is 2. The number of rotatable bonds is 5. The van der Waals surface area contributed by atoms with E-state index in [2.05, 4.69) is 10.3 Å². The molecular formula is C14H19N3O3. The normalized spacial score (nSPS) is 16.9. The van der Waals surface area contributed by atoms with Crippen molar-refractivity contribution in [3.63, 3.8) is 0 Å². The zero-order chi connectivity index (χ0) is 14.6. The summed E-state index contributed by atoms with van der Waals surface area (Å²) in [5.41, 5.74) is 4.53. The predicted molar refractivity (Wildman–Crippen MR) is 74.2 cm³/mol. The van der Waals surface area contributed by atoms with E-state index in [1.54, 1.807) is 12.1 Å². The highest BCUT2D eigenvalue weighted by Gasteiger charge is 2.42. The van der Waals surface area contributed by atoms with Gasteiger partial charge in [-0.05, 0) is 44.7 Å². The maximum Gasteiger partial charge on any atom is 0.267 e. The number of primary amides is 1. The molecule has 0 atom stereocenters. The minimum absolute atomic E-state index is 0.125. The summed E-state index contributed by atoms with van der Waals surface area (Å²) >= 11 is 0. The van der Waals surface area contributed by atoms with Crippen LogP contribution in [0.2, 0.25) is 0 Å². The fraction of sp³-hybridized carbons (Fsp3) is 0.500. The third kappa shape index (κ3) is 2.96. The van der Waals surface area contributed by atoms with Crippen LogP contribution >= 0.6 is 0 Å². The quantitative estimate of drug-likeness (QED) is 0.852. The van der Waals surface area contributed by atoms with Crippen LogP contribution in [0.4, 0.5) is 5.82 Å². The van der Waals surface area contributed by atoms with Gasteiger partial charge in [0.25, 0.3) is 11.8 Å². The second-order valence-corrected chi connectivity index (χ2v) is 4.86. The van der Waals surface area contributed by atoms with Crippen molar-refractivity contribution in [2.45, 2.75) is 38.2 Å². The zero-order valence-corrected chi connectivity index (χ0v) is 11.5. The highest BCUT2D eigenvalue weighted by Crippen LogP contribution is 2.34. The van der Waals surface area contributed by atoms with Gasteiger partial charge in [0, 0.05) is 6.61 Å². The summed E-state index contributed by atoms with van der Waals surface area (Å²) in [6, 6.07) is 4.76. The van der Waals surface area contributed by atoms with Crippen LogP contribution in [0.5, 0.6) is 0 Å². The van der Waals surface area contributed by atoms with E-state index >= 15 is 0 Å². The van der Waals surface area contributed by atoms with E-state index in [-0.39, 0.29) is 11.6 Å². The third-order valence-corrected chi connectivity index (χ3v) is 3.49. The topological polar surface area (TPSA) is 94.3 Å². The number of nitrogens with zero attached hydrogens (tertiary/aromatic N) is 1. The molecule has 1 heterocycles. The van der Waals surface area contributed by atoms with Crippen molar-refractivity contribution in [1.82, 2.24) is 4.98 Å². The molecule has 0 unspecified atom stereocenters. The fourth-order valence-corrected chi connectivity index (χ4v) is 2.53. The van der Waals surface area contributed by atoms with E-state index in [1.807, 2.05) is 6.92 Å². The molecule has 108 valence electrons. The van der Waals surface area contributed by atoms with Gasteiger partial charge in [-0.15, -0.1) is 0 Å². The lowest BCUT2D eigenvalue weighted by Crippen LogP contribution is -2.43. The molecule has 0 radical (unpaired) electrons. The summed E-state index contributed by atoms with van der Waals surface area (Å²) in [5.74, 6) is -0.510. The molecule has 20 heavy (non-hydrogen) atoms. The van der Waals surface area contributed by atoms with Gasteiger partial charge in [-0.25, -0.2) is 4.98 Å². The van der Waals surface area contributed by atoms with Crippen molar-refractivity contribution in [2.75, 3.05) is 11.9 Å². The Morgan fingerprint density at radius 3 is 2.70 bits per heavy atom. The molecule has 6 heteroatoms. The van der Waals surface area contributed by atoms with Crippen molar-refractivity contribution in [1.29, 1.82) is 0 Å². The van der Waals surface area contributed by atoms with Gasteiger partial charge in [0.1, 0.15) is 17.1 Å². The SMILES string of the molecule is CCOC1(C(=O)Nc2cccc(C(N)=O)n2)CCCC1. The first kappa shape index (κ1) is 14.5. The van der Waals surface area contributed by atoms with E-state index < -0.39 is 11.5 Å². The first-order valence-electron chi connectivity index (χ1n) is 6.80. The molecule has 1 saturated carbocycles. The molecule has 0 bridgehead atoms. The predicted octanol–water partition coefficient (Wildman–Crippen LogP) is 1.47. The molecule has 1 aromatic heterocycles. The summed E-state index contributed by atoms with van der Waals surface area (Å²) < 4.78 is 5.67. The highest BCUT2D eigenvalue weighted by molar-refractivity contribution is 5.97. The van der Waals surface area contributed by atoms with E-state index in [0.717, 1.165) is 12.8 Å². The molecule has 1 aliphatic rings. The number of hydrogen-bond acceptors (Lipinski definition) is 4. The molecule has 6 nitrogen and oxygen atoms in total. The molecule has 3 N–H and O–H groups in total. The van der Waals surface area contributed by atoms with Crippen LogP contribution in [0.3, 0.4) is 0 Å². The first-order valence-corrected chi connectivity index (χ1v) is 6.80. The van der Waals surface area contributed by atoms with Gasteiger partial charge >= 0.3 is 0 Å². The van der Waals surface area contributed by atoms with Gasteiger partial charge < -0.3 is 15.8 Å². The summed E-state index contributed by atoms with van der Waals surface area (Å²) in [4.78, 5) is 27.5. The molecule has 1 fully saturated rings. The minimum Gasteiger partial charge on any atom is -0.365 e. The molecule has 2 rings (SSSR count). The number of nitrogens with one attached hydrogen (secondary N) is 1. The highest BCUT2D eigenvalue weighted by atomic mass is 16.5. The van der Waals surface area contributed by atoms with Crippen molar-refractivity contribution in [3.8, 4) is 0 Å². The van der Waals surface area contributed by atoms with Crippen LogP contribution in [-0.4, -0.2) is 29.0 Å². The standard InChI is InChI=1S/C14H19N3O3/c1-2-20-14(8-3-4-9-14)13(19)17-11-7-5-6-10(16-11)12(15)18/h5-7H,2-4,8-9H2,1H3,(H2,15,18)(H,16,17,19). The Hall–Kier alpha value is -1.95. The number of aromatic nitrogens is 1. The van der Waals surface area contributed by atoms with Crippen molar-refractivity contribution < 1.29 is 14.3 Å². The largest absolute Gasteiger partial charge is 0.365 e.